The summed E-state index contributed by atoms with van der Waals surface area (Å²) in [5.41, 5.74) is 11.2. The van der Waals surface area contributed by atoms with Gasteiger partial charge in [-0.2, -0.15) is 0 Å². The van der Waals surface area contributed by atoms with Crippen LogP contribution in [0, 0.1) is 6.92 Å². The first-order chi connectivity index (χ1) is 67.6. The Hall–Kier alpha value is -9.50. The van der Waals surface area contributed by atoms with Gasteiger partial charge < -0.3 is 23.7 Å². The number of ether oxygens (including phenoxy) is 5. The summed E-state index contributed by atoms with van der Waals surface area (Å²) < 4.78 is 29.1. The topological polar surface area (TPSA) is 175 Å². The Morgan fingerprint density at radius 2 is 0.285 bits per heavy atom. The molecule has 752 valence electrons. The quantitative estimate of drug-likeness (QED) is 0.0329. The van der Waals surface area contributed by atoms with Crippen LogP contribution in [0.4, 0.5) is 0 Å². The molecule has 0 radical (unpaired) electrons. The Kier molecular flexibility index (Phi) is 68.1. The van der Waals surface area contributed by atoms with Crippen LogP contribution >= 0.6 is 0 Å². The van der Waals surface area contributed by atoms with Crippen molar-refractivity contribution in [1.29, 1.82) is 0 Å². The second-order valence-corrected chi connectivity index (χ2v) is 37.7. The van der Waals surface area contributed by atoms with Gasteiger partial charge in [0, 0.05) is 89.8 Å². The van der Waals surface area contributed by atoms with E-state index in [4.69, 9.17) is 23.7 Å². The summed E-state index contributed by atoms with van der Waals surface area (Å²) in [4.78, 5) is 45.2. The second-order valence-electron chi connectivity index (χ2n) is 37.7. The van der Waals surface area contributed by atoms with Crippen LogP contribution in [0.15, 0.2) is 183 Å². The van der Waals surface area contributed by atoms with E-state index in [1.807, 2.05) is 166 Å². The minimum atomic E-state index is 0.755. The van der Waals surface area contributed by atoms with Gasteiger partial charge in [0.25, 0.3) is 0 Å². The molecule has 0 unspecified atom stereocenters. The van der Waals surface area contributed by atoms with Crippen LogP contribution in [-0.4, -0.2) is 82.9 Å². The molecule has 0 aliphatic heterocycles. The first-order valence-electron chi connectivity index (χ1n) is 55.3. The van der Waals surface area contributed by atoms with Crippen molar-refractivity contribution in [2.75, 3.05) is 33.0 Å². The smallest absolute Gasteiger partial charge is 0.159 e. The molecule has 0 saturated heterocycles. The summed E-state index contributed by atoms with van der Waals surface area (Å²) >= 11 is 0. The van der Waals surface area contributed by atoms with Gasteiger partial charge in [-0.15, -0.1) is 0 Å². The average molecular weight is 1870 g/mol. The highest BCUT2D eigenvalue weighted by Crippen LogP contribution is 2.28. The van der Waals surface area contributed by atoms with E-state index < -0.39 is 0 Å². The molecule has 5 aromatic heterocycles. The Labute approximate surface area is 833 Å². The molecule has 10 aromatic rings. The van der Waals surface area contributed by atoms with E-state index in [2.05, 4.69) is 136 Å². The Morgan fingerprint density at radius 1 is 0.153 bits per heavy atom. The average Bonchev–Trinajstić information content (AvgIpc) is 0.861. The second kappa shape index (κ2) is 80.3. The molecule has 137 heavy (non-hydrogen) atoms. The minimum Gasteiger partial charge on any atom is -0.494 e. The van der Waals surface area contributed by atoms with E-state index in [0.717, 1.165) is 182 Å². The highest BCUT2D eigenvalue weighted by Gasteiger charge is 2.11. The van der Waals surface area contributed by atoms with E-state index in [9.17, 15) is 0 Å². The molecule has 10 rings (SSSR count). The summed E-state index contributed by atoms with van der Waals surface area (Å²) in [5.74, 6) is 8.56. The fourth-order valence-corrected chi connectivity index (χ4v) is 16.2. The molecular weight excluding hydrogens is 1690 g/mol. The van der Waals surface area contributed by atoms with Gasteiger partial charge in [0.2, 0.25) is 0 Å². The van der Waals surface area contributed by atoms with Gasteiger partial charge in [0.05, 0.1) is 33.0 Å². The SMILES string of the molecule is CCCCCCCCCCOc1ccc(-c2ncc(CCCCCCCC)cn2)cc1.CCCCCCCCCOc1ccc(-c2ncc(CCCCCCCCC)cn2)cc1.CCCCCCCCCc1cnc(-c2ccc(OCCCCCC)cc2)nc1.CCCCCCCCc1cnc(-c2ccc(OCCCCCC)cc2)nc1.CCCCCCOc1ccc(-c2ncc(C)cn2)cc1. The van der Waals surface area contributed by atoms with Gasteiger partial charge in [-0.3, -0.25) is 0 Å². The Bertz CT molecular complexity index is 4390. The lowest BCUT2D eigenvalue weighted by atomic mass is 10.1. The van der Waals surface area contributed by atoms with Crippen LogP contribution in [0.1, 0.15) is 430 Å². The van der Waals surface area contributed by atoms with Crippen LogP contribution in [-0.2, 0) is 25.7 Å². The lowest BCUT2D eigenvalue weighted by Crippen LogP contribution is -1.97. The maximum atomic E-state index is 5.90. The van der Waals surface area contributed by atoms with Gasteiger partial charge in [-0.1, -0.05) is 345 Å². The normalized spacial score (nSPS) is 10.9. The molecule has 0 atom stereocenters. The summed E-state index contributed by atoms with van der Waals surface area (Å²) in [5, 5.41) is 0. The van der Waals surface area contributed by atoms with Crippen LogP contribution in [0.3, 0.4) is 0 Å². The van der Waals surface area contributed by atoms with Crippen molar-refractivity contribution in [2.45, 2.75) is 435 Å². The third kappa shape index (κ3) is 56.4. The van der Waals surface area contributed by atoms with E-state index in [0.29, 0.717) is 0 Å². The molecule has 15 nitrogen and oxygen atoms in total. The molecule has 0 saturated carbocycles. The molecule has 0 aliphatic rings. The number of unbranched alkanes of at least 4 members (excludes halogenated alkanes) is 44. The number of aromatic nitrogens is 10. The predicted molar refractivity (Wildman–Crippen MR) is 580 cm³/mol. The third-order valence-corrected chi connectivity index (χ3v) is 25.0. The van der Waals surface area contributed by atoms with Gasteiger partial charge in [-0.25, -0.2) is 49.8 Å². The molecule has 0 N–H and O–H groups in total. The monoisotopic (exact) mass is 1870 g/mol. The maximum Gasteiger partial charge on any atom is 0.159 e. The fraction of sp³-hybridized carbons (Fsp3) is 0.590. The standard InChI is InChI=1S/2C28H44N2O.C25H38N2O.C24H36N2O.C17H22N2O/c1-3-5-7-9-11-12-14-16-22-31-27-20-18-26(19-21-27)28-29-23-25(24-30-28)17-15-13-10-8-6-4-2;1-3-5-7-9-11-13-15-17-25-23-29-28(30-24-25)26-18-20-27(21-19-26)31-22-16-14-12-10-8-6-4-2;1-3-5-7-9-10-11-12-14-22-20-26-25(27-21-22)23-15-17-24(18-16-23)28-19-13-8-6-4-2;1-3-5-7-9-10-11-13-21-19-25-24(26-20-21)22-14-16-23(17-15-22)27-18-12-8-6-4-2;1-3-4-5-6-11-20-16-9-7-15(8-10-16)17-18-12-14(2)13-19-17/h2*18-21,23-24H,3-17,22H2,1-2H3;15-18,20-21H,3-14,19H2,1-2H3;14-17,19-20H,3-13,18H2,1-2H3;7-10,12-13H,3-6,11H2,1-2H3. The fourth-order valence-electron chi connectivity index (χ4n) is 16.2. The van der Waals surface area contributed by atoms with Crippen molar-refractivity contribution in [3.63, 3.8) is 0 Å². The number of benzene rings is 5. The maximum absolute atomic E-state index is 5.90. The van der Waals surface area contributed by atoms with Crippen molar-refractivity contribution in [2.24, 2.45) is 0 Å². The largest absolute Gasteiger partial charge is 0.494 e. The molecule has 0 aliphatic carbocycles. The van der Waals surface area contributed by atoms with Crippen LogP contribution in [0.5, 0.6) is 28.7 Å². The van der Waals surface area contributed by atoms with Crippen molar-refractivity contribution in [3.05, 3.63) is 211 Å². The summed E-state index contributed by atoms with van der Waals surface area (Å²) in [6.07, 6.45) is 92.9. The zero-order valence-electron chi connectivity index (χ0n) is 87.7. The van der Waals surface area contributed by atoms with Crippen LogP contribution < -0.4 is 23.7 Å². The van der Waals surface area contributed by atoms with E-state index >= 15 is 0 Å². The predicted octanol–water partition coefficient (Wildman–Crippen LogP) is 35.9. The van der Waals surface area contributed by atoms with Crippen molar-refractivity contribution >= 4 is 0 Å². The highest BCUT2D eigenvalue weighted by molar-refractivity contribution is 5.59. The number of hydrogen-bond acceptors (Lipinski definition) is 15. The third-order valence-electron chi connectivity index (χ3n) is 25.0. The van der Waals surface area contributed by atoms with Gasteiger partial charge in [-0.05, 0) is 240 Å². The van der Waals surface area contributed by atoms with E-state index in [1.165, 1.54) is 330 Å². The molecule has 0 bridgehead atoms. The highest BCUT2D eigenvalue weighted by atomic mass is 16.5. The number of nitrogens with zero attached hydrogens (tertiary/aromatic N) is 10. The molecule has 0 fully saturated rings. The lowest BCUT2D eigenvalue weighted by molar-refractivity contribution is 0.304. The minimum absolute atomic E-state index is 0.755. The van der Waals surface area contributed by atoms with Gasteiger partial charge in [0.15, 0.2) is 29.1 Å². The molecular formula is C122H184N10O5. The Morgan fingerprint density at radius 3 is 0.445 bits per heavy atom. The summed E-state index contributed by atoms with van der Waals surface area (Å²) in [6, 6.07) is 40.6. The van der Waals surface area contributed by atoms with E-state index in [1.54, 1.807) is 0 Å². The van der Waals surface area contributed by atoms with Crippen molar-refractivity contribution < 1.29 is 23.7 Å². The van der Waals surface area contributed by atoms with Gasteiger partial charge in [0.1, 0.15) is 28.7 Å². The first-order valence-corrected chi connectivity index (χ1v) is 55.3. The molecule has 0 amide bonds. The molecule has 5 aromatic carbocycles. The van der Waals surface area contributed by atoms with Gasteiger partial charge >= 0.3 is 0 Å². The molecule has 15 heteroatoms. The Balaban J connectivity index is 0.000000264. The summed E-state index contributed by atoms with van der Waals surface area (Å²) in [7, 11) is 0. The van der Waals surface area contributed by atoms with Crippen molar-refractivity contribution in [3.8, 4) is 85.7 Å². The molecule has 5 heterocycles. The van der Waals surface area contributed by atoms with Crippen LogP contribution in [0.25, 0.3) is 56.9 Å². The number of aryl methyl sites for hydroxylation is 5. The summed E-state index contributed by atoms with van der Waals surface area (Å²) in [6.45, 7) is 26.2. The lowest BCUT2D eigenvalue weighted by Gasteiger charge is -2.07. The van der Waals surface area contributed by atoms with E-state index in [-0.39, 0.29) is 0 Å². The van der Waals surface area contributed by atoms with Crippen LogP contribution in [0.2, 0.25) is 0 Å². The number of hydrogen-bond donors (Lipinski definition) is 0. The number of rotatable bonds is 72. The zero-order chi connectivity index (χ0) is 97.2. The zero-order valence-corrected chi connectivity index (χ0v) is 87.7. The first kappa shape index (κ1) is 116. The van der Waals surface area contributed by atoms with Crippen molar-refractivity contribution in [1.82, 2.24) is 49.8 Å². The molecule has 0 spiro atoms.